The first kappa shape index (κ1) is 18.7. The maximum absolute atomic E-state index is 12.5. The third-order valence-corrected chi connectivity index (χ3v) is 4.84. The summed E-state index contributed by atoms with van der Waals surface area (Å²) in [6.07, 6.45) is 0.615. The van der Waals surface area contributed by atoms with Crippen LogP contribution in [0.15, 0.2) is 60.7 Å². The van der Waals surface area contributed by atoms with Crippen LogP contribution in [0.1, 0.15) is 21.7 Å². The van der Waals surface area contributed by atoms with Gasteiger partial charge >= 0.3 is 6.03 Å². The Hall–Kier alpha value is -3.68. The number of nitrogens with one attached hydrogen (secondary N) is 2. The van der Waals surface area contributed by atoms with E-state index in [2.05, 4.69) is 20.5 Å². The van der Waals surface area contributed by atoms with E-state index in [-0.39, 0.29) is 17.9 Å². The molecule has 4 rings (SSSR count). The SMILES string of the molecule is O=C(Nc1n[nH]c(Cc2ccccc2)n1)N1CCN(C(=O)c2ccccc2)CC1. The molecule has 0 atom stereocenters. The minimum Gasteiger partial charge on any atom is -0.335 e. The molecular formula is C21H22N6O2. The standard InChI is InChI=1S/C21H22N6O2/c28-19(17-9-5-2-6-10-17)26-11-13-27(14-12-26)21(29)23-20-22-18(24-25-20)15-16-7-3-1-4-8-16/h1-10H,11-15H2,(H2,22,23,24,25,29). The molecule has 1 aromatic heterocycles. The minimum atomic E-state index is -0.262. The van der Waals surface area contributed by atoms with Crippen molar-refractivity contribution in [3.63, 3.8) is 0 Å². The maximum Gasteiger partial charge on any atom is 0.324 e. The van der Waals surface area contributed by atoms with Crippen molar-refractivity contribution in [3.05, 3.63) is 77.6 Å². The molecule has 8 heteroatoms. The second-order valence-electron chi connectivity index (χ2n) is 6.84. The molecule has 1 aliphatic heterocycles. The lowest BCUT2D eigenvalue weighted by molar-refractivity contribution is 0.0671. The molecule has 2 heterocycles. The van der Waals surface area contributed by atoms with Crippen molar-refractivity contribution in [2.45, 2.75) is 6.42 Å². The molecular weight excluding hydrogens is 368 g/mol. The second-order valence-corrected chi connectivity index (χ2v) is 6.84. The highest BCUT2D eigenvalue weighted by Gasteiger charge is 2.25. The van der Waals surface area contributed by atoms with Gasteiger partial charge in [0.15, 0.2) is 0 Å². The third-order valence-electron chi connectivity index (χ3n) is 4.84. The molecule has 0 saturated carbocycles. The number of benzene rings is 2. The van der Waals surface area contributed by atoms with E-state index >= 15 is 0 Å². The number of urea groups is 1. The fourth-order valence-corrected chi connectivity index (χ4v) is 3.27. The molecule has 3 amide bonds. The molecule has 3 aromatic rings. The fraction of sp³-hybridized carbons (Fsp3) is 0.238. The van der Waals surface area contributed by atoms with Gasteiger partial charge in [0.2, 0.25) is 5.95 Å². The molecule has 0 unspecified atom stereocenters. The number of rotatable bonds is 4. The molecule has 0 radical (unpaired) electrons. The summed E-state index contributed by atoms with van der Waals surface area (Å²) in [6, 6.07) is 18.8. The quantitative estimate of drug-likeness (QED) is 0.715. The van der Waals surface area contributed by atoms with Crippen LogP contribution in [-0.2, 0) is 6.42 Å². The third kappa shape index (κ3) is 4.60. The van der Waals surface area contributed by atoms with Gasteiger partial charge in [0.1, 0.15) is 5.82 Å². The highest BCUT2D eigenvalue weighted by Crippen LogP contribution is 2.11. The Morgan fingerprint density at radius 3 is 2.21 bits per heavy atom. The zero-order valence-corrected chi connectivity index (χ0v) is 15.9. The van der Waals surface area contributed by atoms with Gasteiger partial charge in [0.05, 0.1) is 0 Å². The van der Waals surface area contributed by atoms with Gasteiger partial charge in [-0.25, -0.2) is 4.79 Å². The van der Waals surface area contributed by atoms with Gasteiger partial charge in [-0.1, -0.05) is 48.5 Å². The Morgan fingerprint density at radius 1 is 0.897 bits per heavy atom. The molecule has 29 heavy (non-hydrogen) atoms. The lowest BCUT2D eigenvalue weighted by Gasteiger charge is -2.34. The topological polar surface area (TPSA) is 94.2 Å². The number of piperazine rings is 1. The number of carbonyl (C=O) groups excluding carboxylic acids is 2. The lowest BCUT2D eigenvalue weighted by Crippen LogP contribution is -2.51. The Labute approximate surface area is 168 Å². The van der Waals surface area contributed by atoms with Gasteiger partial charge in [0, 0.05) is 38.2 Å². The van der Waals surface area contributed by atoms with Crippen molar-refractivity contribution in [3.8, 4) is 0 Å². The van der Waals surface area contributed by atoms with Gasteiger partial charge in [-0.05, 0) is 17.7 Å². The lowest BCUT2D eigenvalue weighted by atomic mass is 10.1. The van der Waals surface area contributed by atoms with Crippen LogP contribution < -0.4 is 5.32 Å². The normalized spacial score (nSPS) is 13.9. The zero-order chi connectivity index (χ0) is 20.1. The summed E-state index contributed by atoms with van der Waals surface area (Å²) >= 11 is 0. The molecule has 2 aromatic carbocycles. The number of nitrogens with zero attached hydrogens (tertiary/aromatic N) is 4. The monoisotopic (exact) mass is 390 g/mol. The Balaban J connectivity index is 1.28. The van der Waals surface area contributed by atoms with Gasteiger partial charge in [-0.15, -0.1) is 5.10 Å². The molecule has 148 valence electrons. The molecule has 0 bridgehead atoms. The first-order valence-electron chi connectivity index (χ1n) is 9.54. The van der Waals surface area contributed by atoms with Crippen LogP contribution in [0, 0.1) is 0 Å². The summed E-state index contributed by atoms with van der Waals surface area (Å²) in [7, 11) is 0. The van der Waals surface area contributed by atoms with Crippen LogP contribution in [-0.4, -0.2) is 63.1 Å². The number of aromatic nitrogens is 3. The predicted octanol–water partition coefficient (Wildman–Crippen LogP) is 2.39. The van der Waals surface area contributed by atoms with Crippen LogP contribution in [0.4, 0.5) is 10.7 Å². The Morgan fingerprint density at radius 2 is 1.52 bits per heavy atom. The molecule has 1 aliphatic rings. The molecule has 1 saturated heterocycles. The van der Waals surface area contributed by atoms with Crippen LogP contribution in [0.2, 0.25) is 0 Å². The number of amides is 3. The summed E-state index contributed by atoms with van der Waals surface area (Å²) in [5.41, 5.74) is 1.78. The largest absolute Gasteiger partial charge is 0.335 e. The summed E-state index contributed by atoms with van der Waals surface area (Å²) in [5.74, 6) is 0.929. The first-order chi connectivity index (χ1) is 14.2. The van der Waals surface area contributed by atoms with Crippen LogP contribution >= 0.6 is 0 Å². The molecule has 8 nitrogen and oxygen atoms in total. The van der Waals surface area contributed by atoms with Crippen LogP contribution in [0.3, 0.4) is 0 Å². The molecule has 0 aliphatic carbocycles. The number of hydrogen-bond acceptors (Lipinski definition) is 4. The summed E-state index contributed by atoms with van der Waals surface area (Å²) in [4.78, 5) is 32.8. The van der Waals surface area contributed by atoms with Gasteiger partial charge in [0.25, 0.3) is 5.91 Å². The van der Waals surface area contributed by atoms with E-state index in [1.54, 1.807) is 21.9 Å². The summed E-state index contributed by atoms with van der Waals surface area (Å²) in [5, 5.41) is 9.65. The molecule has 1 fully saturated rings. The highest BCUT2D eigenvalue weighted by molar-refractivity contribution is 5.94. The average Bonchev–Trinajstić information content (AvgIpc) is 3.21. The van der Waals surface area contributed by atoms with Crippen molar-refractivity contribution in [2.75, 3.05) is 31.5 Å². The van der Waals surface area contributed by atoms with E-state index in [9.17, 15) is 9.59 Å². The van der Waals surface area contributed by atoms with Gasteiger partial charge < -0.3 is 9.80 Å². The molecule has 2 N–H and O–H groups in total. The Kier molecular flexibility index (Phi) is 5.51. The van der Waals surface area contributed by atoms with Crippen molar-refractivity contribution in [1.29, 1.82) is 0 Å². The van der Waals surface area contributed by atoms with Crippen molar-refractivity contribution < 1.29 is 9.59 Å². The van der Waals surface area contributed by atoms with Crippen molar-refractivity contribution in [2.24, 2.45) is 0 Å². The average molecular weight is 390 g/mol. The van der Waals surface area contributed by atoms with Gasteiger partial charge in [-0.3, -0.25) is 15.2 Å². The number of aromatic amines is 1. The van der Waals surface area contributed by atoms with Gasteiger partial charge in [-0.2, -0.15) is 4.98 Å². The van der Waals surface area contributed by atoms with E-state index in [1.807, 2.05) is 48.5 Å². The number of carbonyl (C=O) groups is 2. The van der Waals surface area contributed by atoms with Crippen LogP contribution in [0.25, 0.3) is 0 Å². The van der Waals surface area contributed by atoms with E-state index < -0.39 is 0 Å². The smallest absolute Gasteiger partial charge is 0.324 e. The van der Waals surface area contributed by atoms with E-state index in [4.69, 9.17) is 0 Å². The second kappa shape index (κ2) is 8.55. The number of H-pyrrole nitrogens is 1. The number of hydrogen-bond donors (Lipinski definition) is 2. The van der Waals surface area contributed by atoms with Crippen molar-refractivity contribution >= 4 is 17.9 Å². The number of anilines is 1. The van der Waals surface area contributed by atoms with E-state index in [1.165, 1.54) is 0 Å². The minimum absolute atomic E-state index is 0.00909. The van der Waals surface area contributed by atoms with Crippen molar-refractivity contribution in [1.82, 2.24) is 25.0 Å². The van der Waals surface area contributed by atoms with E-state index in [0.29, 0.717) is 44.0 Å². The highest BCUT2D eigenvalue weighted by atomic mass is 16.2. The predicted molar refractivity (Wildman–Crippen MR) is 109 cm³/mol. The fourth-order valence-electron chi connectivity index (χ4n) is 3.27. The maximum atomic E-state index is 12.5. The summed E-state index contributed by atoms with van der Waals surface area (Å²) in [6.45, 7) is 1.92. The summed E-state index contributed by atoms with van der Waals surface area (Å²) < 4.78 is 0. The van der Waals surface area contributed by atoms with E-state index in [0.717, 1.165) is 5.56 Å². The van der Waals surface area contributed by atoms with Crippen LogP contribution in [0.5, 0.6) is 0 Å². The Bertz CT molecular complexity index is 965. The first-order valence-corrected chi connectivity index (χ1v) is 9.54. The molecule has 0 spiro atoms. The zero-order valence-electron chi connectivity index (χ0n) is 15.9.